The molecule has 30 heavy (non-hydrogen) atoms. The molecule has 2 aliphatic heterocycles. The fourth-order valence-electron chi connectivity index (χ4n) is 3.55. The lowest BCUT2D eigenvalue weighted by Crippen LogP contribution is -2.38. The van der Waals surface area contributed by atoms with E-state index in [0.29, 0.717) is 42.8 Å². The van der Waals surface area contributed by atoms with Crippen LogP contribution in [0.2, 0.25) is 0 Å². The number of nitro benzene ring substituents is 1. The summed E-state index contributed by atoms with van der Waals surface area (Å²) in [6.07, 6.45) is 0. The summed E-state index contributed by atoms with van der Waals surface area (Å²) in [6.45, 7) is 8.48. The summed E-state index contributed by atoms with van der Waals surface area (Å²) in [4.78, 5) is 13.1. The summed E-state index contributed by atoms with van der Waals surface area (Å²) >= 11 is 1.51. The molecule has 1 fully saturated rings. The lowest BCUT2D eigenvalue weighted by molar-refractivity contribution is -0.385. The van der Waals surface area contributed by atoms with Crippen molar-refractivity contribution in [3.8, 4) is 5.75 Å². The van der Waals surface area contributed by atoms with Gasteiger partial charge in [0.15, 0.2) is 11.9 Å². The van der Waals surface area contributed by atoms with E-state index in [-0.39, 0.29) is 17.4 Å². The molecule has 10 nitrogen and oxygen atoms in total. The Morgan fingerprint density at radius 1 is 1.23 bits per heavy atom. The highest BCUT2D eigenvalue weighted by Gasteiger charge is 2.24. The molecule has 0 amide bonds. The topological polar surface area (TPSA) is 105 Å². The second-order valence-corrected chi connectivity index (χ2v) is 8.58. The third-order valence-electron chi connectivity index (χ3n) is 4.88. The average molecular weight is 436 g/mol. The minimum Gasteiger partial charge on any atom is -0.467 e. The van der Waals surface area contributed by atoms with Crippen molar-refractivity contribution in [3.63, 3.8) is 0 Å². The summed E-state index contributed by atoms with van der Waals surface area (Å²) in [5.74, 6) is 2.43. The van der Waals surface area contributed by atoms with Gasteiger partial charge in [-0.2, -0.15) is 0 Å². The number of hydrogen-bond acceptors (Lipinski definition) is 9. The Hall–Kier alpha value is -2.37. The fourth-order valence-corrected chi connectivity index (χ4v) is 4.46. The Morgan fingerprint density at radius 2 is 2.03 bits per heavy atom. The molecule has 162 valence electrons. The van der Waals surface area contributed by atoms with E-state index in [1.807, 2.05) is 0 Å². The molecule has 11 heteroatoms. The molecule has 1 aromatic carbocycles. The van der Waals surface area contributed by atoms with E-state index in [4.69, 9.17) is 14.2 Å². The zero-order valence-corrected chi connectivity index (χ0v) is 17.9. The number of nitro groups is 1. The highest BCUT2D eigenvalue weighted by Crippen LogP contribution is 2.36. The number of morpholine rings is 1. The number of ether oxygens (including phenoxy) is 3. The van der Waals surface area contributed by atoms with Gasteiger partial charge in [-0.3, -0.25) is 14.7 Å². The highest BCUT2D eigenvalue weighted by molar-refractivity contribution is 7.98. The third-order valence-corrected chi connectivity index (χ3v) is 5.89. The Kier molecular flexibility index (Phi) is 6.40. The number of thioether (sulfide) groups is 1. The standard InChI is InChI=1S/C19H25N5O5S/c1-13(2)9-23-18(22-3-5-27-6-4-22)20-21-19(23)30-11-15-8-16(24(25)26)7-14-10-28-12-29-17(14)15/h7-8,13H,3-6,9-12H2,1-2H3. The van der Waals surface area contributed by atoms with Crippen molar-refractivity contribution in [1.29, 1.82) is 0 Å². The van der Waals surface area contributed by atoms with E-state index in [1.165, 1.54) is 17.8 Å². The number of benzene rings is 1. The van der Waals surface area contributed by atoms with Crippen LogP contribution < -0.4 is 9.64 Å². The van der Waals surface area contributed by atoms with Gasteiger partial charge in [0.2, 0.25) is 5.95 Å². The zero-order valence-electron chi connectivity index (χ0n) is 17.1. The van der Waals surface area contributed by atoms with Gasteiger partial charge in [-0.15, -0.1) is 10.2 Å². The van der Waals surface area contributed by atoms with Crippen molar-refractivity contribution in [2.75, 3.05) is 38.0 Å². The van der Waals surface area contributed by atoms with Crippen LogP contribution in [-0.2, 0) is 28.4 Å². The van der Waals surface area contributed by atoms with Crippen LogP contribution in [0.3, 0.4) is 0 Å². The quantitative estimate of drug-likeness (QED) is 0.369. The van der Waals surface area contributed by atoms with Crippen molar-refractivity contribution >= 4 is 23.4 Å². The van der Waals surface area contributed by atoms with Crippen LogP contribution in [0.4, 0.5) is 11.6 Å². The van der Waals surface area contributed by atoms with Gasteiger partial charge in [0.25, 0.3) is 5.69 Å². The third kappa shape index (κ3) is 4.52. The van der Waals surface area contributed by atoms with Crippen molar-refractivity contribution in [1.82, 2.24) is 14.8 Å². The molecule has 2 aliphatic rings. The second kappa shape index (κ2) is 9.19. The van der Waals surface area contributed by atoms with Gasteiger partial charge in [0.1, 0.15) is 5.75 Å². The van der Waals surface area contributed by atoms with Gasteiger partial charge in [0, 0.05) is 48.6 Å². The largest absolute Gasteiger partial charge is 0.467 e. The summed E-state index contributed by atoms with van der Waals surface area (Å²) < 4.78 is 18.5. The molecule has 0 bridgehead atoms. The van der Waals surface area contributed by atoms with E-state index in [2.05, 4.69) is 33.5 Å². The first-order valence-corrected chi connectivity index (χ1v) is 10.9. The van der Waals surface area contributed by atoms with Gasteiger partial charge < -0.3 is 19.1 Å². The van der Waals surface area contributed by atoms with Crippen LogP contribution in [0, 0.1) is 16.0 Å². The van der Waals surface area contributed by atoms with Gasteiger partial charge in [-0.1, -0.05) is 25.6 Å². The number of anilines is 1. The first-order valence-electron chi connectivity index (χ1n) is 9.92. The Bertz CT molecular complexity index is 913. The smallest absolute Gasteiger partial charge is 0.270 e. The monoisotopic (exact) mass is 435 g/mol. The first kappa shape index (κ1) is 20.9. The van der Waals surface area contributed by atoms with Crippen molar-refractivity contribution in [2.24, 2.45) is 5.92 Å². The maximum absolute atomic E-state index is 11.3. The van der Waals surface area contributed by atoms with Crippen molar-refractivity contribution in [2.45, 2.75) is 37.9 Å². The number of rotatable bonds is 7. The summed E-state index contributed by atoms with van der Waals surface area (Å²) in [6, 6.07) is 3.09. The molecule has 0 aliphatic carbocycles. The van der Waals surface area contributed by atoms with E-state index in [9.17, 15) is 10.1 Å². The highest BCUT2D eigenvalue weighted by atomic mass is 32.2. The molecular weight excluding hydrogens is 410 g/mol. The first-order chi connectivity index (χ1) is 14.5. The molecule has 0 spiro atoms. The summed E-state index contributed by atoms with van der Waals surface area (Å²) in [7, 11) is 0. The van der Waals surface area contributed by atoms with Gasteiger partial charge in [-0.25, -0.2) is 0 Å². The van der Waals surface area contributed by atoms with E-state index in [0.717, 1.165) is 36.3 Å². The predicted molar refractivity (Wildman–Crippen MR) is 111 cm³/mol. The fraction of sp³-hybridized carbons (Fsp3) is 0.579. The van der Waals surface area contributed by atoms with Crippen LogP contribution in [0.1, 0.15) is 25.0 Å². The molecule has 0 N–H and O–H groups in total. The van der Waals surface area contributed by atoms with Crippen LogP contribution in [0.5, 0.6) is 5.75 Å². The number of nitrogens with zero attached hydrogens (tertiary/aromatic N) is 5. The summed E-state index contributed by atoms with van der Waals surface area (Å²) in [5, 5.41) is 21.0. The van der Waals surface area contributed by atoms with Crippen molar-refractivity contribution < 1.29 is 19.1 Å². The molecule has 1 saturated heterocycles. The minimum atomic E-state index is -0.388. The summed E-state index contributed by atoms with van der Waals surface area (Å²) in [5.41, 5.74) is 1.50. The lowest BCUT2D eigenvalue weighted by Gasteiger charge is -2.28. The molecule has 0 saturated carbocycles. The Labute approximate surface area is 178 Å². The molecule has 0 radical (unpaired) electrons. The second-order valence-electron chi connectivity index (χ2n) is 7.64. The maximum Gasteiger partial charge on any atom is 0.270 e. The average Bonchev–Trinajstić information content (AvgIpc) is 3.14. The molecule has 0 atom stereocenters. The molecule has 4 rings (SSSR count). The normalized spacial score (nSPS) is 16.4. The molecule has 0 unspecified atom stereocenters. The van der Waals surface area contributed by atoms with Crippen molar-refractivity contribution in [3.05, 3.63) is 33.4 Å². The van der Waals surface area contributed by atoms with Gasteiger partial charge in [0.05, 0.1) is 24.7 Å². The molecule has 3 heterocycles. The Balaban J connectivity index is 1.60. The molecule has 2 aromatic rings. The van der Waals surface area contributed by atoms with E-state index < -0.39 is 0 Å². The van der Waals surface area contributed by atoms with Crippen LogP contribution >= 0.6 is 11.8 Å². The SMILES string of the molecule is CC(C)Cn1c(SCc2cc([N+](=O)[O-])cc3c2OCOC3)nnc1N1CCOCC1. The van der Waals surface area contributed by atoms with Crippen LogP contribution in [0.15, 0.2) is 17.3 Å². The number of aromatic nitrogens is 3. The van der Waals surface area contributed by atoms with Crippen LogP contribution in [0.25, 0.3) is 0 Å². The number of non-ortho nitro benzene ring substituents is 1. The molecule has 1 aromatic heterocycles. The number of hydrogen-bond donors (Lipinski definition) is 0. The van der Waals surface area contributed by atoms with Gasteiger partial charge in [-0.05, 0) is 5.92 Å². The van der Waals surface area contributed by atoms with Crippen LogP contribution in [-0.4, -0.2) is 52.8 Å². The lowest BCUT2D eigenvalue weighted by atomic mass is 10.1. The van der Waals surface area contributed by atoms with Gasteiger partial charge >= 0.3 is 0 Å². The van der Waals surface area contributed by atoms with E-state index >= 15 is 0 Å². The minimum absolute atomic E-state index is 0.0381. The van der Waals surface area contributed by atoms with E-state index in [1.54, 1.807) is 6.07 Å². The Morgan fingerprint density at radius 3 is 2.77 bits per heavy atom. The predicted octanol–water partition coefficient (Wildman–Crippen LogP) is 2.84. The molecular formula is C19H25N5O5S. The number of fused-ring (bicyclic) bond motifs is 1. The zero-order chi connectivity index (χ0) is 21.1. The maximum atomic E-state index is 11.3.